The third-order valence-corrected chi connectivity index (χ3v) is 4.75. The van der Waals surface area contributed by atoms with E-state index < -0.39 is 35.8 Å². The molecule has 2 aromatic carbocycles. The monoisotopic (exact) mass is 376 g/mol. The van der Waals surface area contributed by atoms with Crippen LogP contribution in [0.15, 0.2) is 54.6 Å². The summed E-state index contributed by atoms with van der Waals surface area (Å²) in [5.74, 6) is -0.514. The number of nitrogens with zero attached hydrogens (tertiary/aromatic N) is 1. The summed E-state index contributed by atoms with van der Waals surface area (Å²) in [4.78, 5) is 25.9. The Morgan fingerprint density at radius 2 is 1.63 bits per heavy atom. The van der Waals surface area contributed by atoms with E-state index in [1.807, 2.05) is 30.3 Å². The largest absolute Gasteiger partial charge is 0.416 e. The molecule has 1 aliphatic rings. The van der Waals surface area contributed by atoms with Gasteiger partial charge in [-0.3, -0.25) is 9.69 Å². The molecule has 3 amide bonds. The number of benzene rings is 2. The minimum atomic E-state index is -4.55. The van der Waals surface area contributed by atoms with Gasteiger partial charge in [0.15, 0.2) is 0 Å². The molecule has 0 bridgehead atoms. The summed E-state index contributed by atoms with van der Waals surface area (Å²) in [5, 5.41) is 2.64. The number of imide groups is 1. The molecule has 1 aliphatic heterocycles. The second kappa shape index (κ2) is 7.06. The topological polar surface area (TPSA) is 49.4 Å². The maximum atomic E-state index is 13.2. The number of nitrogens with one attached hydrogen (secondary N) is 1. The quantitative estimate of drug-likeness (QED) is 0.797. The summed E-state index contributed by atoms with van der Waals surface area (Å²) >= 11 is 0. The highest BCUT2D eigenvalue weighted by molar-refractivity contribution is 6.06. The van der Waals surface area contributed by atoms with E-state index in [2.05, 4.69) is 5.32 Å². The van der Waals surface area contributed by atoms with Gasteiger partial charge in [0.05, 0.1) is 12.1 Å². The molecule has 142 valence electrons. The molecule has 2 aromatic rings. The molecule has 0 aliphatic carbocycles. The Morgan fingerprint density at radius 1 is 1.00 bits per heavy atom. The van der Waals surface area contributed by atoms with Gasteiger partial charge in [-0.15, -0.1) is 0 Å². The van der Waals surface area contributed by atoms with E-state index in [9.17, 15) is 22.8 Å². The van der Waals surface area contributed by atoms with Crippen molar-refractivity contribution in [3.8, 4) is 0 Å². The van der Waals surface area contributed by atoms with Gasteiger partial charge < -0.3 is 5.32 Å². The Morgan fingerprint density at radius 3 is 2.30 bits per heavy atom. The molecule has 7 heteroatoms. The Bertz CT molecular complexity index is 852. The van der Waals surface area contributed by atoms with Crippen molar-refractivity contribution < 1.29 is 22.8 Å². The van der Waals surface area contributed by atoms with Gasteiger partial charge in [0.25, 0.3) is 5.91 Å². The van der Waals surface area contributed by atoms with Crippen molar-refractivity contribution in [3.63, 3.8) is 0 Å². The number of urea groups is 1. The fourth-order valence-corrected chi connectivity index (χ4v) is 3.20. The average Bonchev–Trinajstić information content (AvgIpc) is 2.84. The van der Waals surface area contributed by atoms with E-state index >= 15 is 0 Å². The van der Waals surface area contributed by atoms with Gasteiger partial charge in [0.2, 0.25) is 0 Å². The van der Waals surface area contributed by atoms with Crippen LogP contribution in [-0.4, -0.2) is 22.4 Å². The molecule has 1 N–H and O–H groups in total. The molecule has 0 spiro atoms. The van der Waals surface area contributed by atoms with E-state index in [0.717, 1.165) is 16.5 Å². The highest BCUT2D eigenvalue weighted by Crippen LogP contribution is 2.33. The van der Waals surface area contributed by atoms with Crippen molar-refractivity contribution >= 4 is 11.9 Å². The van der Waals surface area contributed by atoms with Crippen LogP contribution < -0.4 is 5.32 Å². The Kier molecular flexibility index (Phi) is 4.95. The maximum absolute atomic E-state index is 13.2. The second-order valence-electron chi connectivity index (χ2n) is 6.79. The summed E-state index contributed by atoms with van der Waals surface area (Å²) in [6, 6.07) is 13.8. The predicted octanol–water partition coefficient (Wildman–Crippen LogP) is 4.15. The lowest BCUT2D eigenvalue weighted by Crippen LogP contribution is -2.44. The number of aryl methyl sites for hydroxylation is 1. The highest BCUT2D eigenvalue weighted by atomic mass is 19.4. The van der Waals surface area contributed by atoms with E-state index in [1.165, 1.54) is 18.2 Å². The first kappa shape index (κ1) is 18.9. The van der Waals surface area contributed by atoms with Crippen molar-refractivity contribution in [3.05, 3.63) is 71.3 Å². The van der Waals surface area contributed by atoms with Crippen molar-refractivity contribution in [1.82, 2.24) is 10.2 Å². The number of halogens is 3. The fourth-order valence-electron chi connectivity index (χ4n) is 3.20. The maximum Gasteiger partial charge on any atom is 0.416 e. The molecule has 0 saturated carbocycles. The smallest absolute Gasteiger partial charge is 0.323 e. The Labute approximate surface area is 155 Å². The van der Waals surface area contributed by atoms with Crippen LogP contribution >= 0.6 is 0 Å². The van der Waals surface area contributed by atoms with E-state index in [4.69, 9.17) is 0 Å². The minimum Gasteiger partial charge on any atom is -0.323 e. The summed E-state index contributed by atoms with van der Waals surface area (Å²) in [7, 11) is 0. The number of rotatable bonds is 5. The second-order valence-corrected chi connectivity index (χ2v) is 6.79. The number of hydrogen-bond donors (Lipinski definition) is 1. The van der Waals surface area contributed by atoms with E-state index in [0.29, 0.717) is 12.8 Å². The number of alkyl halides is 3. The first-order valence-electron chi connectivity index (χ1n) is 8.54. The lowest BCUT2D eigenvalue weighted by Gasteiger charge is -2.22. The van der Waals surface area contributed by atoms with Crippen molar-refractivity contribution in [1.29, 1.82) is 0 Å². The molecule has 1 heterocycles. The van der Waals surface area contributed by atoms with Crippen molar-refractivity contribution in [2.45, 2.75) is 38.0 Å². The van der Waals surface area contributed by atoms with E-state index in [1.54, 1.807) is 6.92 Å². The summed E-state index contributed by atoms with van der Waals surface area (Å²) < 4.78 is 39.5. The summed E-state index contributed by atoms with van der Waals surface area (Å²) in [5.41, 5.74) is -1.08. The molecule has 1 fully saturated rings. The number of hydrogen-bond acceptors (Lipinski definition) is 2. The molecule has 0 aromatic heterocycles. The van der Waals surface area contributed by atoms with Crippen LogP contribution in [0.25, 0.3) is 0 Å². The zero-order valence-corrected chi connectivity index (χ0v) is 14.7. The lowest BCUT2D eigenvalue weighted by molar-refractivity contribution is -0.139. The molecular formula is C20H19F3N2O2. The summed E-state index contributed by atoms with van der Waals surface area (Å²) in [6.07, 6.45) is -3.62. The van der Waals surface area contributed by atoms with Gasteiger partial charge in [-0.05, 0) is 37.0 Å². The zero-order chi connectivity index (χ0) is 19.7. The van der Waals surface area contributed by atoms with Gasteiger partial charge in [0, 0.05) is 0 Å². The van der Waals surface area contributed by atoms with Gasteiger partial charge in [0.1, 0.15) is 5.54 Å². The minimum absolute atomic E-state index is 0.110. The highest BCUT2D eigenvalue weighted by Gasteiger charge is 2.47. The molecule has 1 saturated heterocycles. The molecule has 27 heavy (non-hydrogen) atoms. The van der Waals surface area contributed by atoms with Crippen LogP contribution in [0.1, 0.15) is 30.0 Å². The number of amides is 3. The van der Waals surface area contributed by atoms with E-state index in [-0.39, 0.29) is 5.56 Å². The van der Waals surface area contributed by atoms with Crippen LogP contribution in [0.5, 0.6) is 0 Å². The molecule has 1 atom stereocenters. The molecule has 4 nitrogen and oxygen atoms in total. The molecular weight excluding hydrogens is 357 g/mol. The standard InChI is InChI=1S/C20H19F3N2O2/c1-19(12-11-14-7-3-2-4-8-14)17(26)25(18(27)24-19)13-15-9-5-6-10-16(15)20(21,22)23/h2-10H,11-13H2,1H3,(H,24,27)/t19-/m1/s1. The molecule has 0 radical (unpaired) electrons. The van der Waals surface area contributed by atoms with Crippen LogP contribution in [-0.2, 0) is 23.9 Å². The first-order chi connectivity index (χ1) is 12.7. The fraction of sp³-hybridized carbons (Fsp3) is 0.300. The summed E-state index contributed by atoms with van der Waals surface area (Å²) in [6.45, 7) is 1.19. The first-order valence-corrected chi connectivity index (χ1v) is 8.54. The van der Waals surface area contributed by atoms with Crippen LogP contribution in [0.2, 0.25) is 0 Å². The van der Waals surface area contributed by atoms with Gasteiger partial charge in [-0.1, -0.05) is 48.5 Å². The van der Waals surface area contributed by atoms with Crippen LogP contribution in [0.4, 0.5) is 18.0 Å². The van der Waals surface area contributed by atoms with Crippen LogP contribution in [0, 0.1) is 0 Å². The van der Waals surface area contributed by atoms with Gasteiger partial charge in [-0.2, -0.15) is 13.2 Å². The third-order valence-electron chi connectivity index (χ3n) is 4.75. The Hall–Kier alpha value is -2.83. The van der Waals surface area contributed by atoms with Gasteiger partial charge >= 0.3 is 12.2 Å². The van der Waals surface area contributed by atoms with Crippen molar-refractivity contribution in [2.75, 3.05) is 0 Å². The van der Waals surface area contributed by atoms with Gasteiger partial charge in [-0.25, -0.2) is 4.79 Å². The average molecular weight is 376 g/mol. The zero-order valence-electron chi connectivity index (χ0n) is 14.7. The predicted molar refractivity (Wildman–Crippen MR) is 93.7 cm³/mol. The molecule has 3 rings (SSSR count). The Balaban J connectivity index is 1.77. The third kappa shape index (κ3) is 3.97. The number of carbonyl (C=O) groups is 2. The van der Waals surface area contributed by atoms with Crippen molar-refractivity contribution in [2.24, 2.45) is 0 Å². The lowest BCUT2D eigenvalue weighted by atomic mass is 9.93. The SMILES string of the molecule is C[C@]1(CCc2ccccc2)NC(=O)N(Cc2ccccc2C(F)(F)F)C1=O. The molecule has 0 unspecified atom stereocenters. The number of carbonyl (C=O) groups excluding carboxylic acids is 2. The van der Waals surface area contributed by atoms with Crippen LogP contribution in [0.3, 0.4) is 0 Å². The normalized spacial score (nSPS) is 20.1.